The fourth-order valence-corrected chi connectivity index (χ4v) is 2.81. The number of aliphatic hydroxyl groups is 1. The van der Waals surface area contributed by atoms with Gasteiger partial charge in [-0.2, -0.15) is 0 Å². The lowest BCUT2D eigenvalue weighted by Crippen LogP contribution is -2.05. The van der Waals surface area contributed by atoms with Gasteiger partial charge < -0.3 is 5.11 Å². The summed E-state index contributed by atoms with van der Waals surface area (Å²) < 4.78 is 39.4. The van der Waals surface area contributed by atoms with E-state index in [1.165, 1.54) is 11.3 Å². The largest absolute Gasteiger partial charge is 0.388 e. The van der Waals surface area contributed by atoms with Gasteiger partial charge in [0.2, 0.25) is 0 Å². The maximum absolute atomic E-state index is 13.5. The Hall–Kier alpha value is -1.33. The highest BCUT2D eigenvalue weighted by Gasteiger charge is 2.18. The number of aryl methyl sites for hydroxylation is 1. The van der Waals surface area contributed by atoms with Crippen LogP contribution in [0.2, 0.25) is 0 Å². The fraction of sp³-hybridized carbons (Fsp3) is 0.286. The average molecular weight is 286 g/mol. The summed E-state index contributed by atoms with van der Waals surface area (Å²) in [6.45, 7) is 2.01. The van der Waals surface area contributed by atoms with Gasteiger partial charge in [0, 0.05) is 27.8 Å². The van der Waals surface area contributed by atoms with Gasteiger partial charge in [0.25, 0.3) is 0 Å². The molecule has 0 radical (unpaired) electrons. The van der Waals surface area contributed by atoms with Crippen LogP contribution in [0.5, 0.6) is 0 Å². The first-order valence-corrected chi connectivity index (χ1v) is 6.73. The van der Waals surface area contributed by atoms with Crippen molar-refractivity contribution < 1.29 is 18.3 Å². The summed E-state index contributed by atoms with van der Waals surface area (Å²) in [4.78, 5) is 2.04. The maximum atomic E-state index is 13.5. The Balaban J connectivity index is 2.19. The van der Waals surface area contributed by atoms with Crippen LogP contribution in [0.4, 0.5) is 13.2 Å². The minimum Gasteiger partial charge on any atom is -0.388 e. The second-order valence-electron chi connectivity index (χ2n) is 4.23. The van der Waals surface area contributed by atoms with E-state index < -0.39 is 23.6 Å². The number of rotatable bonds is 4. The summed E-state index contributed by atoms with van der Waals surface area (Å²) in [5.41, 5.74) is -0.217. The molecule has 0 bridgehead atoms. The zero-order valence-electron chi connectivity index (χ0n) is 10.3. The first-order valence-electron chi connectivity index (χ1n) is 5.91. The van der Waals surface area contributed by atoms with Gasteiger partial charge in [0.15, 0.2) is 11.6 Å². The Morgan fingerprint density at radius 2 is 1.68 bits per heavy atom. The van der Waals surface area contributed by atoms with Gasteiger partial charge >= 0.3 is 0 Å². The number of hydrogen-bond acceptors (Lipinski definition) is 2. The molecule has 1 aromatic carbocycles. The summed E-state index contributed by atoms with van der Waals surface area (Å²) in [6.07, 6.45) is -0.106. The predicted octanol–water partition coefficient (Wildman–Crippen LogP) is 4.00. The van der Waals surface area contributed by atoms with E-state index in [-0.39, 0.29) is 12.0 Å². The van der Waals surface area contributed by atoms with Crippen molar-refractivity contribution in [2.75, 3.05) is 0 Å². The second kappa shape index (κ2) is 5.75. The van der Waals surface area contributed by atoms with Crippen LogP contribution in [0.15, 0.2) is 24.3 Å². The first kappa shape index (κ1) is 14.1. The molecule has 0 saturated heterocycles. The van der Waals surface area contributed by atoms with E-state index in [2.05, 4.69) is 0 Å². The van der Waals surface area contributed by atoms with Crippen LogP contribution in [0, 0.1) is 17.5 Å². The van der Waals surface area contributed by atoms with E-state index in [1.54, 1.807) is 0 Å². The minimum absolute atomic E-state index is 0.187. The summed E-state index contributed by atoms with van der Waals surface area (Å²) >= 11 is 1.52. The average Bonchev–Trinajstić information content (AvgIpc) is 2.81. The second-order valence-corrected chi connectivity index (χ2v) is 5.48. The van der Waals surface area contributed by atoms with Crippen LogP contribution in [-0.4, -0.2) is 5.11 Å². The van der Waals surface area contributed by atoms with E-state index in [0.717, 1.165) is 16.2 Å². The molecular weight excluding hydrogens is 273 g/mol. The van der Waals surface area contributed by atoms with Crippen molar-refractivity contribution in [3.8, 4) is 0 Å². The van der Waals surface area contributed by atoms with Crippen molar-refractivity contribution in [1.29, 1.82) is 0 Å². The molecule has 102 valence electrons. The molecule has 5 heteroatoms. The van der Waals surface area contributed by atoms with Crippen LogP contribution in [-0.2, 0) is 12.8 Å². The number of halogens is 3. The van der Waals surface area contributed by atoms with E-state index in [9.17, 15) is 18.3 Å². The highest BCUT2D eigenvalue weighted by Crippen LogP contribution is 2.26. The molecular formula is C14H13F3OS. The zero-order valence-corrected chi connectivity index (χ0v) is 11.1. The van der Waals surface area contributed by atoms with Crippen LogP contribution in [0.25, 0.3) is 0 Å². The van der Waals surface area contributed by atoms with Gasteiger partial charge in [0.1, 0.15) is 5.82 Å². The van der Waals surface area contributed by atoms with Gasteiger partial charge in [0.05, 0.1) is 6.10 Å². The zero-order chi connectivity index (χ0) is 14.0. The van der Waals surface area contributed by atoms with Crippen molar-refractivity contribution in [3.63, 3.8) is 0 Å². The van der Waals surface area contributed by atoms with Gasteiger partial charge in [-0.3, -0.25) is 0 Å². The molecule has 2 aromatic rings. The maximum Gasteiger partial charge on any atom is 0.161 e. The number of hydrogen-bond donors (Lipinski definition) is 1. The monoisotopic (exact) mass is 286 g/mol. The molecule has 1 aromatic heterocycles. The fourth-order valence-electron chi connectivity index (χ4n) is 1.82. The highest BCUT2D eigenvalue weighted by molar-refractivity contribution is 7.11. The van der Waals surface area contributed by atoms with Gasteiger partial charge in [-0.1, -0.05) is 6.92 Å². The molecule has 0 spiro atoms. The van der Waals surface area contributed by atoms with E-state index in [1.807, 2.05) is 19.1 Å². The smallest absolute Gasteiger partial charge is 0.161 e. The molecule has 1 heterocycles. The molecule has 19 heavy (non-hydrogen) atoms. The molecule has 0 aliphatic rings. The molecule has 0 amide bonds. The third kappa shape index (κ3) is 3.16. The lowest BCUT2D eigenvalue weighted by atomic mass is 10.0. The molecule has 0 saturated carbocycles. The highest BCUT2D eigenvalue weighted by atomic mass is 32.1. The predicted molar refractivity (Wildman–Crippen MR) is 68.7 cm³/mol. The summed E-state index contributed by atoms with van der Waals surface area (Å²) in [5.74, 6) is -3.34. The number of benzene rings is 1. The molecule has 0 fully saturated rings. The molecule has 1 nitrogen and oxygen atoms in total. The van der Waals surface area contributed by atoms with Gasteiger partial charge in [-0.05, 0) is 24.6 Å². The summed E-state index contributed by atoms with van der Waals surface area (Å²) in [7, 11) is 0. The van der Waals surface area contributed by atoms with Crippen molar-refractivity contribution in [2.24, 2.45) is 0 Å². The Morgan fingerprint density at radius 3 is 2.32 bits per heavy atom. The van der Waals surface area contributed by atoms with Gasteiger partial charge in [-0.25, -0.2) is 13.2 Å². The Kier molecular flexibility index (Phi) is 4.27. The van der Waals surface area contributed by atoms with Crippen molar-refractivity contribution in [3.05, 3.63) is 57.0 Å². The summed E-state index contributed by atoms with van der Waals surface area (Å²) in [5, 5.41) is 9.93. The standard InChI is InChI=1S/C14H13F3OS/c1-2-8-3-4-9(19-8)5-14(18)10-6-12(16)13(17)7-11(10)15/h3-4,6-7,14,18H,2,5H2,1H3. The molecule has 0 aliphatic carbocycles. The van der Waals surface area contributed by atoms with Crippen molar-refractivity contribution in [2.45, 2.75) is 25.9 Å². The lowest BCUT2D eigenvalue weighted by Gasteiger charge is -2.11. The topological polar surface area (TPSA) is 20.2 Å². The molecule has 1 atom stereocenters. The Bertz CT molecular complexity index is 580. The molecule has 1 N–H and O–H groups in total. The van der Waals surface area contributed by atoms with Crippen LogP contribution in [0.1, 0.15) is 28.3 Å². The molecule has 0 aliphatic heterocycles. The first-order chi connectivity index (χ1) is 9.01. The van der Waals surface area contributed by atoms with Crippen LogP contribution < -0.4 is 0 Å². The number of aliphatic hydroxyl groups excluding tert-OH is 1. The van der Waals surface area contributed by atoms with Gasteiger partial charge in [-0.15, -0.1) is 11.3 Å². The third-order valence-electron chi connectivity index (χ3n) is 2.86. The Labute approximate surface area is 113 Å². The van der Waals surface area contributed by atoms with Crippen LogP contribution in [0.3, 0.4) is 0 Å². The normalized spacial score (nSPS) is 12.7. The van der Waals surface area contributed by atoms with E-state index in [4.69, 9.17) is 0 Å². The Morgan fingerprint density at radius 1 is 1.05 bits per heavy atom. The molecule has 1 unspecified atom stereocenters. The van der Waals surface area contributed by atoms with Crippen molar-refractivity contribution >= 4 is 11.3 Å². The lowest BCUT2D eigenvalue weighted by molar-refractivity contribution is 0.173. The quantitative estimate of drug-likeness (QED) is 0.842. The van der Waals surface area contributed by atoms with E-state index >= 15 is 0 Å². The van der Waals surface area contributed by atoms with Crippen LogP contribution >= 0.6 is 11.3 Å². The minimum atomic E-state index is -1.25. The molecule has 2 rings (SSSR count). The third-order valence-corrected chi connectivity index (χ3v) is 4.11. The SMILES string of the molecule is CCc1ccc(CC(O)c2cc(F)c(F)cc2F)s1. The van der Waals surface area contributed by atoms with E-state index in [0.29, 0.717) is 12.1 Å². The summed E-state index contributed by atoms with van der Waals surface area (Å²) in [6, 6.07) is 4.96. The number of thiophene rings is 1. The van der Waals surface area contributed by atoms with Crippen molar-refractivity contribution in [1.82, 2.24) is 0 Å².